The standard InChI is InChI=1S/C90H64B2N4O2/c1-87(2)61-41-25-21-37-53(61)57-45-65-73-83(69(57)87)97-84-70-58(54-38-22-26-42-62(54)88(70,3)4)46-66-74(84)91(73)77-79(93(65)49-29-13-9-14-30-49)81-78-82(80(77)94(66)50-31-15-10-16-32-50)96(52-35-19-12-20-36-52)68-48-60-56-40-24-28-44-64(56)90(7,8)72(60)86-76(68)92(78)75-67(95(81)51-33-17-11-18-34-51)47-59-55-39-23-27-43-63(55)89(5,6)71(59)85(75)98-86/h9-48H,1-8H3. The van der Waals surface area contributed by atoms with Crippen molar-refractivity contribution in [2.24, 2.45) is 0 Å². The molecule has 0 saturated heterocycles. The van der Waals surface area contributed by atoms with E-state index >= 15 is 0 Å². The summed E-state index contributed by atoms with van der Waals surface area (Å²) in [5.41, 5.74) is 39.3. The van der Waals surface area contributed by atoms with Gasteiger partial charge in [0.15, 0.2) is 0 Å². The lowest BCUT2D eigenvalue weighted by atomic mass is 9.29. The van der Waals surface area contributed by atoms with E-state index in [1.165, 1.54) is 122 Å². The molecular weight excluding hydrogens is 1190 g/mol. The summed E-state index contributed by atoms with van der Waals surface area (Å²) < 4.78 is 16.8. The third kappa shape index (κ3) is 6.08. The molecule has 13 aromatic rings. The van der Waals surface area contributed by atoms with Gasteiger partial charge in [-0.25, -0.2) is 0 Å². The lowest BCUT2D eigenvalue weighted by Gasteiger charge is -2.54. The number of fused-ring (bicyclic) bond motifs is 18. The molecule has 6 aliphatic heterocycles. The third-order valence-corrected chi connectivity index (χ3v) is 24.8. The van der Waals surface area contributed by atoms with E-state index in [0.29, 0.717) is 0 Å². The van der Waals surface area contributed by atoms with E-state index in [4.69, 9.17) is 9.47 Å². The van der Waals surface area contributed by atoms with Gasteiger partial charge < -0.3 is 29.1 Å². The average Bonchev–Trinajstić information content (AvgIpc) is 0.933. The van der Waals surface area contributed by atoms with Crippen molar-refractivity contribution in [3.8, 4) is 67.5 Å². The number of para-hydroxylation sites is 4. The number of nitrogens with zero attached hydrogens (tertiary/aromatic N) is 4. The smallest absolute Gasteiger partial charge is 0.262 e. The minimum absolute atomic E-state index is 0.320. The lowest BCUT2D eigenvalue weighted by molar-refractivity contribution is 0.454. The summed E-state index contributed by atoms with van der Waals surface area (Å²) in [6, 6.07) is 92.3. The lowest BCUT2D eigenvalue weighted by Crippen LogP contribution is -2.68. The summed E-state index contributed by atoms with van der Waals surface area (Å²) in [6.45, 7) is 18.8. The summed E-state index contributed by atoms with van der Waals surface area (Å²) in [7, 11) is 0. The minimum Gasteiger partial charge on any atom is -0.458 e. The molecule has 13 aromatic carbocycles. The monoisotopic (exact) mass is 1250 g/mol. The highest BCUT2D eigenvalue weighted by molar-refractivity contribution is 7.05. The van der Waals surface area contributed by atoms with Crippen molar-refractivity contribution in [2.75, 3.05) is 19.6 Å². The van der Waals surface area contributed by atoms with Gasteiger partial charge in [0.05, 0.1) is 22.7 Å². The number of hydrogen-bond donors (Lipinski definition) is 0. The van der Waals surface area contributed by atoms with Crippen LogP contribution in [-0.4, -0.2) is 13.4 Å². The molecule has 0 saturated carbocycles. The van der Waals surface area contributed by atoms with E-state index in [1.807, 2.05) is 0 Å². The summed E-state index contributed by atoms with van der Waals surface area (Å²) in [5, 5.41) is 0. The fourth-order valence-corrected chi connectivity index (χ4v) is 21.0. The molecule has 6 nitrogen and oxygen atoms in total. The Morgan fingerprint density at radius 3 is 0.663 bits per heavy atom. The Bertz CT molecular complexity index is 5200. The van der Waals surface area contributed by atoms with Gasteiger partial charge in [-0.2, -0.15) is 0 Å². The Balaban J connectivity index is 0.988. The highest BCUT2D eigenvalue weighted by Crippen LogP contribution is 2.67. The van der Waals surface area contributed by atoms with Gasteiger partial charge in [0.2, 0.25) is 0 Å². The fourth-order valence-electron chi connectivity index (χ4n) is 21.0. The van der Waals surface area contributed by atoms with E-state index in [9.17, 15) is 0 Å². The van der Waals surface area contributed by atoms with Gasteiger partial charge in [0.1, 0.15) is 23.0 Å². The van der Waals surface area contributed by atoms with Gasteiger partial charge in [-0.05, 0) is 172 Å². The van der Waals surface area contributed by atoms with Crippen LogP contribution in [0.15, 0.2) is 243 Å². The number of anilines is 12. The van der Waals surface area contributed by atoms with Gasteiger partial charge in [0.25, 0.3) is 13.4 Å². The van der Waals surface area contributed by atoms with Gasteiger partial charge >= 0.3 is 0 Å². The first-order chi connectivity index (χ1) is 47.7. The van der Waals surface area contributed by atoms with Crippen molar-refractivity contribution in [1.29, 1.82) is 0 Å². The van der Waals surface area contributed by atoms with E-state index in [0.717, 1.165) is 91.2 Å². The molecule has 462 valence electrons. The number of rotatable bonds is 4. The van der Waals surface area contributed by atoms with Crippen LogP contribution in [0, 0.1) is 0 Å². The van der Waals surface area contributed by atoms with E-state index in [-0.39, 0.29) is 13.4 Å². The van der Waals surface area contributed by atoms with Crippen molar-refractivity contribution >= 4 is 114 Å². The van der Waals surface area contributed by atoms with Crippen molar-refractivity contribution in [1.82, 2.24) is 0 Å². The molecule has 0 radical (unpaired) electrons. The van der Waals surface area contributed by atoms with Gasteiger partial charge in [0, 0.05) is 89.4 Å². The van der Waals surface area contributed by atoms with E-state index in [1.54, 1.807) is 0 Å². The minimum atomic E-state index is -0.415. The molecule has 0 atom stereocenters. The topological polar surface area (TPSA) is 31.4 Å². The van der Waals surface area contributed by atoms with Crippen LogP contribution in [0.1, 0.15) is 99.9 Å². The highest BCUT2D eigenvalue weighted by atomic mass is 16.5. The second-order valence-corrected chi connectivity index (χ2v) is 30.9. The molecule has 98 heavy (non-hydrogen) atoms. The maximum Gasteiger partial charge on any atom is 0.262 e. The summed E-state index contributed by atoms with van der Waals surface area (Å²) in [4.78, 5) is 10.8. The maximum absolute atomic E-state index is 8.42. The molecule has 10 aliphatic rings. The zero-order valence-electron chi connectivity index (χ0n) is 55.9. The number of hydrogen-bond acceptors (Lipinski definition) is 6. The van der Waals surface area contributed by atoms with Crippen LogP contribution in [0.2, 0.25) is 0 Å². The predicted octanol–water partition coefficient (Wildman–Crippen LogP) is 19.3. The number of benzene rings is 13. The molecule has 8 heteroatoms. The zero-order chi connectivity index (χ0) is 65.1. The molecular formula is C90H64B2N4O2. The summed E-state index contributed by atoms with van der Waals surface area (Å²) >= 11 is 0. The summed E-state index contributed by atoms with van der Waals surface area (Å²) in [5.74, 6) is 3.90. The average molecular weight is 1260 g/mol. The van der Waals surface area contributed by atoms with Crippen molar-refractivity contribution < 1.29 is 9.47 Å². The molecule has 0 fully saturated rings. The molecule has 0 bridgehead atoms. The normalized spacial score (nSPS) is 16.9. The van der Waals surface area contributed by atoms with Crippen molar-refractivity contribution in [3.63, 3.8) is 0 Å². The van der Waals surface area contributed by atoms with Gasteiger partial charge in [-0.15, -0.1) is 0 Å². The van der Waals surface area contributed by atoms with E-state index in [2.05, 4.69) is 318 Å². The first-order valence-corrected chi connectivity index (χ1v) is 35.0. The molecule has 0 spiro atoms. The fraction of sp³-hybridized carbons (Fsp3) is 0.133. The van der Waals surface area contributed by atoms with Gasteiger partial charge in [-0.3, -0.25) is 0 Å². The first-order valence-electron chi connectivity index (χ1n) is 35.0. The first kappa shape index (κ1) is 54.0. The Kier molecular flexibility index (Phi) is 9.74. The third-order valence-electron chi connectivity index (χ3n) is 24.8. The molecule has 0 N–H and O–H groups in total. The second kappa shape index (κ2) is 17.7. The second-order valence-electron chi connectivity index (χ2n) is 30.9. The zero-order valence-corrected chi connectivity index (χ0v) is 55.9. The van der Waals surface area contributed by atoms with Crippen LogP contribution in [0.25, 0.3) is 44.5 Å². The van der Waals surface area contributed by atoms with Crippen LogP contribution >= 0.6 is 0 Å². The summed E-state index contributed by atoms with van der Waals surface area (Å²) in [6.07, 6.45) is 0. The molecule has 6 heterocycles. The Hall–Kier alpha value is -11.2. The Labute approximate surface area is 571 Å². The van der Waals surface area contributed by atoms with Crippen LogP contribution in [-0.2, 0) is 21.7 Å². The Morgan fingerprint density at radius 1 is 0.235 bits per heavy atom. The van der Waals surface area contributed by atoms with Crippen molar-refractivity contribution in [3.05, 3.63) is 287 Å². The predicted molar refractivity (Wildman–Crippen MR) is 405 cm³/mol. The van der Waals surface area contributed by atoms with Crippen LogP contribution < -0.4 is 61.9 Å². The largest absolute Gasteiger partial charge is 0.458 e. The molecule has 0 aromatic heterocycles. The molecule has 4 aliphatic carbocycles. The highest BCUT2D eigenvalue weighted by Gasteiger charge is 2.62. The van der Waals surface area contributed by atoms with Crippen LogP contribution in [0.5, 0.6) is 23.0 Å². The SMILES string of the molecule is CC1(C)c2ccccc2-c2cc3c4c(c21)Oc1c2c(cc5c1C(C)(C)c1ccccc1-5)N(c1ccccc1)c1c(c(c5c6c1N(c1ccccc1)c1cc7c(c8c1B6c1c(cc6c(c1O8)C(C)(C)c1ccccc1-6)N5c1ccccc1)C(C)(C)c1ccccc1-7)N3c1ccccc1)B42. The van der Waals surface area contributed by atoms with Crippen LogP contribution in [0.3, 0.4) is 0 Å². The maximum atomic E-state index is 8.42. The number of ether oxygens (including phenoxy) is 2. The Morgan fingerprint density at radius 2 is 0.439 bits per heavy atom. The van der Waals surface area contributed by atoms with Gasteiger partial charge in [-0.1, -0.05) is 225 Å². The van der Waals surface area contributed by atoms with Crippen molar-refractivity contribution in [2.45, 2.75) is 77.0 Å². The molecule has 23 rings (SSSR count). The quantitative estimate of drug-likeness (QED) is 0.163. The van der Waals surface area contributed by atoms with Crippen LogP contribution in [0.4, 0.5) is 68.2 Å². The van der Waals surface area contributed by atoms with E-state index < -0.39 is 21.7 Å². The molecule has 0 amide bonds. The molecule has 0 unspecified atom stereocenters.